The molecule has 1 amide bonds. The zero-order valence-electron chi connectivity index (χ0n) is 16.8. The van der Waals surface area contributed by atoms with Crippen LogP contribution in [-0.4, -0.2) is 25.9 Å². The van der Waals surface area contributed by atoms with E-state index in [1.165, 1.54) is 28.2 Å². The molecule has 0 bridgehead atoms. The van der Waals surface area contributed by atoms with Crippen molar-refractivity contribution < 1.29 is 18.0 Å². The van der Waals surface area contributed by atoms with Crippen LogP contribution in [0.4, 0.5) is 18.3 Å². The molecular formula is C21H14BrClF3N5OS. The van der Waals surface area contributed by atoms with E-state index in [9.17, 15) is 18.0 Å². The van der Waals surface area contributed by atoms with Crippen molar-refractivity contribution in [1.29, 1.82) is 0 Å². The zero-order valence-corrected chi connectivity index (χ0v) is 20.0. The van der Waals surface area contributed by atoms with Crippen molar-refractivity contribution in [2.45, 2.75) is 19.5 Å². The molecule has 6 nitrogen and oxygen atoms in total. The number of carbonyl (C=O) groups excluding carboxylic acids is 1. The summed E-state index contributed by atoms with van der Waals surface area (Å²) in [6.45, 7) is 1.56. The minimum atomic E-state index is -4.49. The van der Waals surface area contributed by atoms with E-state index < -0.39 is 17.6 Å². The summed E-state index contributed by atoms with van der Waals surface area (Å²) in [5.41, 5.74) is 0.614. The lowest BCUT2D eigenvalue weighted by atomic mass is 10.1. The molecule has 2 aromatic heterocycles. The van der Waals surface area contributed by atoms with E-state index >= 15 is 0 Å². The number of hydrogen-bond acceptors (Lipinski definition) is 5. The van der Waals surface area contributed by atoms with Gasteiger partial charge in [-0.3, -0.25) is 10.1 Å². The van der Waals surface area contributed by atoms with Crippen molar-refractivity contribution in [1.82, 2.24) is 20.0 Å². The second kappa shape index (κ2) is 9.24. The number of hydrogen-bond donors (Lipinski definition) is 1. The van der Waals surface area contributed by atoms with Gasteiger partial charge in [0, 0.05) is 22.0 Å². The Morgan fingerprint density at radius 1 is 1.24 bits per heavy atom. The van der Waals surface area contributed by atoms with Gasteiger partial charge in [-0.15, -0.1) is 16.4 Å². The molecule has 33 heavy (non-hydrogen) atoms. The zero-order chi connectivity index (χ0) is 23.8. The van der Waals surface area contributed by atoms with E-state index in [-0.39, 0.29) is 11.4 Å². The first-order chi connectivity index (χ1) is 15.6. The van der Waals surface area contributed by atoms with Crippen LogP contribution < -0.4 is 5.32 Å². The molecule has 4 aromatic rings. The number of aromatic nitrogens is 4. The van der Waals surface area contributed by atoms with Crippen molar-refractivity contribution in [3.63, 3.8) is 0 Å². The Morgan fingerprint density at radius 2 is 2.03 bits per heavy atom. The molecule has 170 valence electrons. The van der Waals surface area contributed by atoms with Crippen molar-refractivity contribution in [3.05, 3.63) is 85.5 Å². The second-order valence-electron chi connectivity index (χ2n) is 6.99. The van der Waals surface area contributed by atoms with E-state index in [1.54, 1.807) is 13.1 Å². The third-order valence-corrected chi connectivity index (χ3v) is 6.81. The van der Waals surface area contributed by atoms with Crippen LogP contribution in [0.1, 0.15) is 32.2 Å². The van der Waals surface area contributed by atoms with Crippen molar-refractivity contribution in [3.8, 4) is 5.69 Å². The molecule has 12 heteroatoms. The second-order valence-corrected chi connectivity index (χ2v) is 9.37. The molecule has 0 unspecified atom stereocenters. The Bertz CT molecular complexity index is 1340. The SMILES string of the molecule is Cc1c(C(=O)Nc2ncc(Cc3ccc(Br)c(Cl)c3)s2)nnn1-c1cccc(C(F)(F)F)c1. The van der Waals surface area contributed by atoms with Gasteiger partial charge in [-0.2, -0.15) is 13.2 Å². The average Bonchev–Trinajstić information content (AvgIpc) is 3.36. The smallest absolute Gasteiger partial charge is 0.296 e. The summed E-state index contributed by atoms with van der Waals surface area (Å²) >= 11 is 10.8. The summed E-state index contributed by atoms with van der Waals surface area (Å²) in [4.78, 5) is 17.8. The number of nitrogens with one attached hydrogen (secondary N) is 1. The number of amides is 1. The molecule has 2 aromatic carbocycles. The van der Waals surface area contributed by atoms with Crippen LogP contribution in [0.15, 0.2) is 53.1 Å². The molecule has 0 atom stereocenters. The number of alkyl halides is 3. The van der Waals surface area contributed by atoms with Gasteiger partial charge in [0.15, 0.2) is 10.8 Å². The molecule has 1 N–H and O–H groups in total. The van der Waals surface area contributed by atoms with Gasteiger partial charge >= 0.3 is 6.18 Å². The number of benzene rings is 2. The maximum atomic E-state index is 13.0. The quantitative estimate of drug-likeness (QED) is 0.313. The van der Waals surface area contributed by atoms with E-state index in [1.807, 2.05) is 18.2 Å². The lowest BCUT2D eigenvalue weighted by Crippen LogP contribution is -2.14. The highest BCUT2D eigenvalue weighted by molar-refractivity contribution is 9.10. The lowest BCUT2D eigenvalue weighted by Gasteiger charge is -2.09. The third-order valence-electron chi connectivity index (χ3n) is 4.66. The summed E-state index contributed by atoms with van der Waals surface area (Å²) in [5, 5.41) is 11.3. The fourth-order valence-electron chi connectivity index (χ4n) is 3.05. The third kappa shape index (κ3) is 5.26. The molecule has 0 saturated heterocycles. The molecule has 0 aliphatic rings. The minimum Gasteiger partial charge on any atom is -0.296 e. The Kier molecular flexibility index (Phi) is 6.55. The summed E-state index contributed by atoms with van der Waals surface area (Å²) in [6.07, 6.45) is -2.25. The molecule has 0 saturated carbocycles. The first-order valence-electron chi connectivity index (χ1n) is 9.42. The summed E-state index contributed by atoms with van der Waals surface area (Å²) < 4.78 is 41.0. The fourth-order valence-corrected chi connectivity index (χ4v) is 4.34. The molecular weight excluding hydrogens is 543 g/mol. The Hall–Kier alpha value is -2.76. The number of halogens is 5. The average molecular weight is 557 g/mol. The first-order valence-corrected chi connectivity index (χ1v) is 11.4. The van der Waals surface area contributed by atoms with Gasteiger partial charge in [0.2, 0.25) is 0 Å². The Balaban J connectivity index is 1.49. The number of rotatable bonds is 5. The van der Waals surface area contributed by atoms with Crippen LogP contribution in [-0.2, 0) is 12.6 Å². The van der Waals surface area contributed by atoms with Crippen LogP contribution in [0.3, 0.4) is 0 Å². The highest BCUT2D eigenvalue weighted by Gasteiger charge is 2.31. The molecule has 0 aliphatic heterocycles. The van der Waals surface area contributed by atoms with E-state index in [0.717, 1.165) is 27.0 Å². The van der Waals surface area contributed by atoms with Crippen LogP contribution in [0.2, 0.25) is 5.02 Å². The highest BCUT2D eigenvalue weighted by atomic mass is 79.9. The van der Waals surface area contributed by atoms with Gasteiger partial charge in [-0.1, -0.05) is 28.9 Å². The summed E-state index contributed by atoms with van der Waals surface area (Å²) in [5.74, 6) is -0.557. The largest absolute Gasteiger partial charge is 0.416 e. The fraction of sp³-hybridized carbons (Fsp3) is 0.143. The maximum Gasteiger partial charge on any atom is 0.416 e. The van der Waals surface area contributed by atoms with Crippen LogP contribution in [0.5, 0.6) is 0 Å². The molecule has 0 aliphatic carbocycles. The number of thiazole rings is 1. The molecule has 2 heterocycles. The van der Waals surface area contributed by atoms with Crippen LogP contribution in [0.25, 0.3) is 5.69 Å². The van der Waals surface area contributed by atoms with Crippen molar-refractivity contribution in [2.24, 2.45) is 0 Å². The van der Waals surface area contributed by atoms with Crippen molar-refractivity contribution >= 4 is 49.9 Å². The van der Waals surface area contributed by atoms with Crippen LogP contribution in [0, 0.1) is 6.92 Å². The van der Waals surface area contributed by atoms with Gasteiger partial charge in [-0.25, -0.2) is 9.67 Å². The molecule has 0 spiro atoms. The summed E-state index contributed by atoms with van der Waals surface area (Å²) in [7, 11) is 0. The van der Waals surface area contributed by atoms with Gasteiger partial charge in [0.25, 0.3) is 5.91 Å². The maximum absolute atomic E-state index is 13.0. The van der Waals surface area contributed by atoms with Gasteiger partial charge in [-0.05, 0) is 58.7 Å². The first kappa shape index (κ1) is 23.4. The lowest BCUT2D eigenvalue weighted by molar-refractivity contribution is -0.137. The summed E-state index contributed by atoms with van der Waals surface area (Å²) in [6, 6.07) is 10.3. The van der Waals surface area contributed by atoms with Gasteiger partial charge < -0.3 is 0 Å². The Morgan fingerprint density at radius 3 is 2.76 bits per heavy atom. The number of anilines is 1. The van der Waals surface area contributed by atoms with Gasteiger partial charge in [0.1, 0.15) is 0 Å². The highest BCUT2D eigenvalue weighted by Crippen LogP contribution is 2.31. The standard InChI is InChI=1S/C21H14BrClF3N5OS/c1-11-18(29-30-31(11)14-4-2-3-13(9-14)21(24,25)26)19(32)28-20-27-10-15(33-20)7-12-5-6-16(22)17(23)8-12/h2-6,8-10H,7H2,1H3,(H,27,28,32). The van der Waals surface area contributed by atoms with Crippen LogP contribution >= 0.6 is 38.9 Å². The molecule has 0 radical (unpaired) electrons. The monoisotopic (exact) mass is 555 g/mol. The predicted octanol–water partition coefficient (Wildman–Crippen LogP) is 6.31. The topological polar surface area (TPSA) is 72.7 Å². The minimum absolute atomic E-state index is 0.0103. The predicted molar refractivity (Wildman–Crippen MR) is 123 cm³/mol. The molecule has 4 rings (SSSR count). The number of carbonyl (C=O) groups is 1. The molecule has 0 fully saturated rings. The van der Waals surface area contributed by atoms with Gasteiger partial charge in [0.05, 0.1) is 22.0 Å². The van der Waals surface area contributed by atoms with E-state index in [0.29, 0.717) is 22.3 Å². The normalized spacial score (nSPS) is 11.6. The Labute approximate surface area is 203 Å². The van der Waals surface area contributed by atoms with E-state index in [4.69, 9.17) is 11.6 Å². The van der Waals surface area contributed by atoms with Crippen molar-refractivity contribution in [2.75, 3.05) is 5.32 Å². The number of nitrogens with zero attached hydrogens (tertiary/aromatic N) is 4. The van der Waals surface area contributed by atoms with E-state index in [2.05, 4.69) is 36.5 Å².